The van der Waals surface area contributed by atoms with Gasteiger partial charge >= 0.3 is 6.03 Å². The summed E-state index contributed by atoms with van der Waals surface area (Å²) in [5.74, 6) is -0.471. The molecule has 23 heavy (non-hydrogen) atoms. The van der Waals surface area contributed by atoms with Crippen molar-refractivity contribution in [2.24, 2.45) is 0 Å². The van der Waals surface area contributed by atoms with Gasteiger partial charge in [-0.1, -0.05) is 24.3 Å². The van der Waals surface area contributed by atoms with E-state index in [0.717, 1.165) is 21.7 Å². The number of carbonyl (C=O) groups excluding carboxylic acids is 3. The topological polar surface area (TPSA) is 107 Å². The lowest BCUT2D eigenvalue weighted by Gasteiger charge is -2.11. The maximum absolute atomic E-state index is 11.9. The van der Waals surface area contributed by atoms with Crippen molar-refractivity contribution >= 4 is 23.7 Å². The third-order valence-corrected chi connectivity index (χ3v) is 3.48. The van der Waals surface area contributed by atoms with Gasteiger partial charge in [-0.2, -0.15) is 5.10 Å². The Balaban J connectivity index is 1.65. The second-order valence-corrected chi connectivity index (χ2v) is 5.24. The normalized spacial score (nSPS) is 14.0. The molecule has 1 aromatic carbocycles. The summed E-state index contributed by atoms with van der Waals surface area (Å²) < 4.78 is 0. The number of urea groups is 1. The number of nitrogens with zero attached hydrogens (tertiary/aromatic N) is 2. The predicted molar refractivity (Wildman–Crippen MR) is 82.5 cm³/mol. The number of rotatable bonds is 4. The molecule has 1 aliphatic heterocycles. The van der Waals surface area contributed by atoms with Crippen LogP contribution in [0.15, 0.2) is 30.3 Å². The molecule has 1 aromatic heterocycles. The zero-order valence-electron chi connectivity index (χ0n) is 12.4. The van der Waals surface area contributed by atoms with Crippen LogP contribution >= 0.6 is 0 Å². The van der Waals surface area contributed by atoms with Gasteiger partial charge in [0.25, 0.3) is 0 Å². The Kier molecular flexibility index (Phi) is 3.80. The van der Waals surface area contributed by atoms with Crippen molar-refractivity contribution in [3.8, 4) is 11.3 Å². The third kappa shape index (κ3) is 3.20. The molecule has 0 atom stereocenters. The quantitative estimate of drug-likeness (QED) is 0.728. The van der Waals surface area contributed by atoms with E-state index in [9.17, 15) is 14.4 Å². The number of carbonyl (C=O) groups is 3. The average molecular weight is 313 g/mol. The summed E-state index contributed by atoms with van der Waals surface area (Å²) in [4.78, 5) is 35.5. The molecule has 2 heterocycles. The molecule has 0 bridgehead atoms. The van der Waals surface area contributed by atoms with Crippen molar-refractivity contribution < 1.29 is 14.4 Å². The van der Waals surface area contributed by atoms with Gasteiger partial charge in [0, 0.05) is 11.6 Å². The van der Waals surface area contributed by atoms with Crippen molar-refractivity contribution in [1.29, 1.82) is 0 Å². The van der Waals surface area contributed by atoms with Gasteiger partial charge in [0.05, 0.1) is 5.69 Å². The zero-order chi connectivity index (χ0) is 16.4. The molecule has 0 saturated carbocycles. The van der Waals surface area contributed by atoms with Crippen LogP contribution in [0, 0.1) is 6.92 Å². The largest absolute Gasteiger partial charge is 0.325 e. The molecule has 0 unspecified atom stereocenters. The first kappa shape index (κ1) is 14.8. The molecule has 8 heteroatoms. The highest BCUT2D eigenvalue weighted by Gasteiger charge is 2.28. The Bertz CT molecular complexity index is 783. The number of aromatic amines is 1. The second kappa shape index (κ2) is 5.91. The van der Waals surface area contributed by atoms with Crippen LogP contribution in [0.2, 0.25) is 0 Å². The van der Waals surface area contributed by atoms with E-state index in [1.54, 1.807) is 6.07 Å². The van der Waals surface area contributed by atoms with Crippen LogP contribution in [-0.2, 0) is 9.59 Å². The summed E-state index contributed by atoms with van der Waals surface area (Å²) in [6.07, 6.45) is 0. The molecule has 0 aliphatic carbocycles. The number of nitrogens with one attached hydrogen (secondary N) is 3. The predicted octanol–water partition coefficient (Wildman–Crippen LogP) is 0.875. The number of amides is 4. The van der Waals surface area contributed by atoms with Crippen LogP contribution in [0.3, 0.4) is 0 Å². The first-order valence-corrected chi connectivity index (χ1v) is 7.03. The van der Waals surface area contributed by atoms with Gasteiger partial charge in [-0.15, -0.1) is 0 Å². The van der Waals surface area contributed by atoms with E-state index in [2.05, 4.69) is 20.8 Å². The highest BCUT2D eigenvalue weighted by molar-refractivity contribution is 6.04. The number of aryl methyl sites for hydroxylation is 1. The molecule has 4 amide bonds. The number of aromatic nitrogens is 2. The molecule has 8 nitrogen and oxygen atoms in total. The Morgan fingerprint density at radius 2 is 2.13 bits per heavy atom. The van der Waals surface area contributed by atoms with Gasteiger partial charge in [-0.05, 0) is 12.5 Å². The lowest BCUT2D eigenvalue weighted by Crippen LogP contribution is -2.35. The summed E-state index contributed by atoms with van der Waals surface area (Å²) in [7, 11) is 0. The summed E-state index contributed by atoms with van der Waals surface area (Å²) >= 11 is 0. The van der Waals surface area contributed by atoms with E-state index < -0.39 is 17.8 Å². The maximum Gasteiger partial charge on any atom is 0.325 e. The fraction of sp³-hybridized carbons (Fsp3) is 0.200. The maximum atomic E-state index is 11.9. The van der Waals surface area contributed by atoms with Crippen LogP contribution in [0.5, 0.6) is 0 Å². The number of anilines is 1. The van der Waals surface area contributed by atoms with Crippen molar-refractivity contribution in [3.63, 3.8) is 0 Å². The molecule has 1 aliphatic rings. The minimum absolute atomic E-state index is 0.110. The van der Waals surface area contributed by atoms with E-state index in [1.807, 2.05) is 31.2 Å². The second-order valence-electron chi connectivity index (χ2n) is 5.24. The van der Waals surface area contributed by atoms with Gasteiger partial charge in [-0.3, -0.25) is 20.0 Å². The van der Waals surface area contributed by atoms with Gasteiger partial charge < -0.3 is 10.2 Å². The van der Waals surface area contributed by atoms with Crippen LogP contribution in [0.4, 0.5) is 10.6 Å². The number of imide groups is 1. The summed E-state index contributed by atoms with van der Waals surface area (Å²) in [5, 5.41) is 11.6. The van der Waals surface area contributed by atoms with Crippen LogP contribution in [0.1, 0.15) is 5.56 Å². The number of H-pyrrole nitrogens is 1. The van der Waals surface area contributed by atoms with Gasteiger partial charge in [0.1, 0.15) is 13.1 Å². The zero-order valence-corrected chi connectivity index (χ0v) is 12.4. The SMILES string of the molecule is Cc1ccccc1-c1cc(NC(=O)CN2CC(=O)NC2=O)n[nH]1. The van der Waals surface area contributed by atoms with E-state index in [1.165, 1.54) is 0 Å². The third-order valence-electron chi connectivity index (χ3n) is 3.48. The molecule has 0 radical (unpaired) electrons. The highest BCUT2D eigenvalue weighted by Crippen LogP contribution is 2.22. The number of hydrogen-bond donors (Lipinski definition) is 3. The fourth-order valence-corrected chi connectivity index (χ4v) is 2.37. The monoisotopic (exact) mass is 313 g/mol. The molecule has 3 N–H and O–H groups in total. The van der Waals surface area contributed by atoms with Crippen LogP contribution < -0.4 is 10.6 Å². The Morgan fingerprint density at radius 3 is 2.83 bits per heavy atom. The molecular weight excluding hydrogens is 298 g/mol. The minimum atomic E-state index is -0.562. The molecule has 1 fully saturated rings. The first-order valence-electron chi connectivity index (χ1n) is 7.03. The van der Waals surface area contributed by atoms with Crippen molar-refractivity contribution in [1.82, 2.24) is 20.4 Å². The van der Waals surface area contributed by atoms with Crippen LogP contribution in [-0.4, -0.2) is 46.0 Å². The van der Waals surface area contributed by atoms with Crippen molar-refractivity contribution in [2.75, 3.05) is 18.4 Å². The minimum Gasteiger partial charge on any atom is -0.308 e. The van der Waals surface area contributed by atoms with E-state index in [4.69, 9.17) is 0 Å². The van der Waals surface area contributed by atoms with Crippen molar-refractivity contribution in [3.05, 3.63) is 35.9 Å². The van der Waals surface area contributed by atoms with E-state index in [0.29, 0.717) is 5.82 Å². The standard InChI is InChI=1S/C15H15N5O3/c1-9-4-2-3-5-10(9)11-6-12(19-18-11)16-13(21)7-20-8-14(22)17-15(20)23/h2-6H,7-8H2,1H3,(H,17,22,23)(H2,16,18,19,21). The fourth-order valence-electron chi connectivity index (χ4n) is 2.37. The van der Waals surface area contributed by atoms with Gasteiger partial charge in [0.15, 0.2) is 5.82 Å². The Labute approximate surface area is 131 Å². The molecule has 3 rings (SSSR count). The average Bonchev–Trinajstić information content (AvgIpc) is 3.06. The number of hydrogen-bond acceptors (Lipinski definition) is 4. The Morgan fingerprint density at radius 1 is 1.35 bits per heavy atom. The number of benzene rings is 1. The first-order chi connectivity index (χ1) is 11.0. The Hall–Kier alpha value is -3.16. The van der Waals surface area contributed by atoms with E-state index >= 15 is 0 Å². The summed E-state index contributed by atoms with van der Waals surface area (Å²) in [5.41, 5.74) is 2.86. The highest BCUT2D eigenvalue weighted by atomic mass is 16.2. The lowest BCUT2D eigenvalue weighted by molar-refractivity contribution is -0.119. The molecular formula is C15H15N5O3. The summed E-state index contributed by atoms with van der Waals surface area (Å²) in [6.45, 7) is 1.67. The molecule has 2 aromatic rings. The molecule has 118 valence electrons. The van der Waals surface area contributed by atoms with Crippen LogP contribution in [0.25, 0.3) is 11.3 Å². The molecule has 1 saturated heterocycles. The van der Waals surface area contributed by atoms with Gasteiger partial charge in [0.2, 0.25) is 11.8 Å². The van der Waals surface area contributed by atoms with E-state index in [-0.39, 0.29) is 13.1 Å². The van der Waals surface area contributed by atoms with Gasteiger partial charge in [-0.25, -0.2) is 4.79 Å². The molecule has 0 spiro atoms. The smallest absolute Gasteiger partial charge is 0.308 e. The summed E-state index contributed by atoms with van der Waals surface area (Å²) in [6, 6.07) is 8.96. The lowest BCUT2D eigenvalue weighted by atomic mass is 10.1. The van der Waals surface area contributed by atoms with Crippen molar-refractivity contribution in [2.45, 2.75) is 6.92 Å².